The Labute approximate surface area is 136 Å². The molecule has 0 saturated carbocycles. The van der Waals surface area contributed by atoms with Gasteiger partial charge >= 0.3 is 5.97 Å². The molecule has 1 N–H and O–H groups in total. The molecule has 2 fully saturated rings. The third kappa shape index (κ3) is 2.63. The average molecular weight is 317 g/mol. The number of nitrogens with zero attached hydrogens (tertiary/aromatic N) is 1. The molecule has 2 aliphatic heterocycles. The van der Waals surface area contributed by atoms with Crippen LogP contribution in [0.5, 0.6) is 0 Å². The molecule has 23 heavy (non-hydrogen) atoms. The Kier molecular flexibility index (Phi) is 3.71. The molecule has 5 nitrogen and oxygen atoms in total. The van der Waals surface area contributed by atoms with Crippen molar-refractivity contribution in [2.45, 2.75) is 26.2 Å². The lowest BCUT2D eigenvalue weighted by atomic mass is 9.81. The lowest BCUT2D eigenvalue weighted by Crippen LogP contribution is -2.40. The number of hydrogen-bond acceptors (Lipinski definition) is 3. The van der Waals surface area contributed by atoms with Gasteiger partial charge in [0, 0.05) is 24.6 Å². The van der Waals surface area contributed by atoms with Gasteiger partial charge in [0.2, 0.25) is 0 Å². The summed E-state index contributed by atoms with van der Waals surface area (Å²) in [6.45, 7) is 7.67. The maximum atomic E-state index is 12.7. The van der Waals surface area contributed by atoms with Gasteiger partial charge < -0.3 is 14.7 Å². The van der Waals surface area contributed by atoms with E-state index in [1.807, 2.05) is 24.3 Å². The van der Waals surface area contributed by atoms with E-state index < -0.39 is 11.4 Å². The van der Waals surface area contributed by atoms with Crippen LogP contribution in [0.15, 0.2) is 24.3 Å². The van der Waals surface area contributed by atoms with Crippen LogP contribution in [0.1, 0.15) is 36.7 Å². The van der Waals surface area contributed by atoms with E-state index >= 15 is 0 Å². The van der Waals surface area contributed by atoms with E-state index in [2.05, 4.69) is 20.8 Å². The smallest absolute Gasteiger partial charge is 0.314 e. The Bertz CT molecular complexity index is 631. The molecule has 2 aliphatic rings. The van der Waals surface area contributed by atoms with E-state index in [0.717, 1.165) is 0 Å². The molecule has 3 rings (SSSR count). The van der Waals surface area contributed by atoms with Gasteiger partial charge in [-0.2, -0.15) is 0 Å². The molecule has 0 unspecified atom stereocenters. The number of hydrogen-bond donors (Lipinski definition) is 1. The molecule has 0 aliphatic carbocycles. The second kappa shape index (κ2) is 5.34. The van der Waals surface area contributed by atoms with Crippen molar-refractivity contribution in [1.82, 2.24) is 4.90 Å². The molecular weight excluding hydrogens is 294 g/mol. The van der Waals surface area contributed by atoms with Crippen molar-refractivity contribution >= 4 is 11.9 Å². The summed E-state index contributed by atoms with van der Waals surface area (Å²) in [6, 6.07) is 7.61. The van der Waals surface area contributed by atoms with Gasteiger partial charge in [-0.3, -0.25) is 9.59 Å². The Morgan fingerprint density at radius 1 is 1.26 bits per heavy atom. The zero-order valence-electron chi connectivity index (χ0n) is 13.8. The van der Waals surface area contributed by atoms with Gasteiger partial charge in [0.15, 0.2) is 0 Å². The first-order valence-electron chi connectivity index (χ1n) is 7.95. The van der Waals surface area contributed by atoms with Crippen molar-refractivity contribution in [1.29, 1.82) is 0 Å². The Morgan fingerprint density at radius 2 is 1.91 bits per heavy atom. The zero-order valence-corrected chi connectivity index (χ0v) is 13.8. The van der Waals surface area contributed by atoms with E-state index in [1.165, 1.54) is 5.56 Å². The maximum Gasteiger partial charge on any atom is 0.314 e. The molecule has 5 heteroatoms. The molecule has 1 aromatic rings. The summed E-state index contributed by atoms with van der Waals surface area (Å²) in [5.41, 5.74) is 0.889. The first-order valence-corrected chi connectivity index (χ1v) is 7.95. The van der Waals surface area contributed by atoms with Crippen molar-refractivity contribution in [3.63, 3.8) is 0 Å². The highest BCUT2D eigenvalue weighted by Crippen LogP contribution is 2.42. The van der Waals surface area contributed by atoms with Gasteiger partial charge in [-0.1, -0.05) is 32.9 Å². The number of aliphatic carboxylic acids is 1. The minimum Gasteiger partial charge on any atom is -0.481 e. The van der Waals surface area contributed by atoms with Crippen LogP contribution < -0.4 is 0 Å². The number of amides is 1. The number of carboxylic acid groups (broad SMARTS) is 1. The standard InChI is InChI=1S/C18H23NO4/c1-17(2,3)13-6-4-12(5-7-13)15(20)19-8-14-9-23-11-18(14,10-19)16(21)22/h4-7,14H,8-11H2,1-3H3,(H,21,22)/t14-,18-/m1/s1. The fourth-order valence-electron chi connectivity index (χ4n) is 3.49. The molecule has 1 aromatic carbocycles. The van der Waals surface area contributed by atoms with Gasteiger partial charge in [-0.15, -0.1) is 0 Å². The molecule has 2 saturated heterocycles. The maximum absolute atomic E-state index is 12.7. The van der Waals surface area contributed by atoms with E-state index in [0.29, 0.717) is 18.7 Å². The van der Waals surface area contributed by atoms with E-state index in [4.69, 9.17) is 4.74 Å². The number of fused-ring (bicyclic) bond motifs is 1. The van der Waals surface area contributed by atoms with Crippen LogP contribution in [0.2, 0.25) is 0 Å². The molecule has 2 atom stereocenters. The monoisotopic (exact) mass is 317 g/mol. The molecule has 0 aromatic heterocycles. The molecule has 0 radical (unpaired) electrons. The van der Waals surface area contributed by atoms with Crippen LogP contribution in [0.3, 0.4) is 0 Å². The van der Waals surface area contributed by atoms with Crippen LogP contribution in [-0.4, -0.2) is 48.2 Å². The highest BCUT2D eigenvalue weighted by Gasteiger charge is 2.57. The van der Waals surface area contributed by atoms with Gasteiger partial charge in [-0.25, -0.2) is 0 Å². The fraction of sp³-hybridized carbons (Fsp3) is 0.556. The molecule has 0 bridgehead atoms. The van der Waals surface area contributed by atoms with Crippen molar-refractivity contribution in [2.75, 3.05) is 26.3 Å². The largest absolute Gasteiger partial charge is 0.481 e. The lowest BCUT2D eigenvalue weighted by molar-refractivity contribution is -0.149. The van der Waals surface area contributed by atoms with Gasteiger partial charge in [0.25, 0.3) is 5.91 Å². The summed E-state index contributed by atoms with van der Waals surface area (Å²) in [5, 5.41) is 9.55. The fourth-order valence-corrected chi connectivity index (χ4v) is 3.49. The van der Waals surface area contributed by atoms with Crippen LogP contribution in [0.4, 0.5) is 0 Å². The van der Waals surface area contributed by atoms with E-state index in [9.17, 15) is 14.7 Å². The Morgan fingerprint density at radius 3 is 2.43 bits per heavy atom. The third-order valence-corrected chi connectivity index (χ3v) is 5.08. The quantitative estimate of drug-likeness (QED) is 0.907. The summed E-state index contributed by atoms with van der Waals surface area (Å²) < 4.78 is 5.34. The number of likely N-dealkylation sites (tertiary alicyclic amines) is 1. The first-order chi connectivity index (χ1) is 10.7. The summed E-state index contributed by atoms with van der Waals surface area (Å²) in [5.74, 6) is -1.07. The van der Waals surface area contributed by atoms with E-state index in [1.54, 1.807) is 4.90 Å². The van der Waals surface area contributed by atoms with Crippen LogP contribution >= 0.6 is 0 Å². The number of carbonyl (C=O) groups is 2. The summed E-state index contributed by atoms with van der Waals surface area (Å²) >= 11 is 0. The number of benzene rings is 1. The molecule has 124 valence electrons. The van der Waals surface area contributed by atoms with Gasteiger partial charge in [-0.05, 0) is 23.1 Å². The summed E-state index contributed by atoms with van der Waals surface area (Å²) in [6.07, 6.45) is 0. The number of rotatable bonds is 2. The average Bonchev–Trinajstić information content (AvgIpc) is 3.03. The second-order valence-electron chi connectivity index (χ2n) is 7.69. The molecule has 1 amide bonds. The van der Waals surface area contributed by atoms with Crippen molar-refractivity contribution < 1.29 is 19.4 Å². The van der Waals surface area contributed by atoms with Crippen molar-refractivity contribution in [3.05, 3.63) is 35.4 Å². The Hall–Kier alpha value is -1.88. The highest BCUT2D eigenvalue weighted by atomic mass is 16.5. The van der Waals surface area contributed by atoms with Crippen LogP contribution in [0.25, 0.3) is 0 Å². The molecule has 2 heterocycles. The van der Waals surface area contributed by atoms with Crippen LogP contribution in [-0.2, 0) is 14.9 Å². The second-order valence-corrected chi connectivity index (χ2v) is 7.69. The third-order valence-electron chi connectivity index (χ3n) is 5.08. The number of carbonyl (C=O) groups excluding carboxylic acids is 1. The first kappa shape index (κ1) is 16.0. The van der Waals surface area contributed by atoms with Crippen LogP contribution in [0, 0.1) is 11.3 Å². The normalized spacial score (nSPS) is 27.1. The van der Waals surface area contributed by atoms with Crippen molar-refractivity contribution in [3.8, 4) is 0 Å². The SMILES string of the molecule is CC(C)(C)c1ccc(C(=O)N2C[C@@H]3COC[C@]3(C(=O)O)C2)cc1. The minimum absolute atomic E-state index is 0.0386. The molecule has 0 spiro atoms. The van der Waals surface area contributed by atoms with Gasteiger partial charge in [0.1, 0.15) is 5.41 Å². The predicted octanol–water partition coefficient (Wildman–Crippen LogP) is 2.16. The van der Waals surface area contributed by atoms with Gasteiger partial charge in [0.05, 0.1) is 13.2 Å². The zero-order chi connectivity index (χ0) is 16.8. The van der Waals surface area contributed by atoms with Crippen molar-refractivity contribution in [2.24, 2.45) is 11.3 Å². The summed E-state index contributed by atoms with van der Waals surface area (Å²) in [4.78, 5) is 26.0. The number of ether oxygens (including phenoxy) is 1. The minimum atomic E-state index is -0.930. The predicted molar refractivity (Wildman–Crippen MR) is 85.4 cm³/mol. The highest BCUT2D eigenvalue weighted by molar-refractivity contribution is 5.95. The molecular formula is C18H23NO4. The number of carboxylic acids is 1. The topological polar surface area (TPSA) is 66.8 Å². The van der Waals surface area contributed by atoms with E-state index in [-0.39, 0.29) is 30.4 Å². The summed E-state index contributed by atoms with van der Waals surface area (Å²) in [7, 11) is 0. The Balaban J connectivity index is 1.78. The lowest BCUT2D eigenvalue weighted by Gasteiger charge is -2.22.